The van der Waals surface area contributed by atoms with Gasteiger partial charge in [0.25, 0.3) is 0 Å². The van der Waals surface area contributed by atoms with Gasteiger partial charge in [-0.1, -0.05) is 79.2 Å². The summed E-state index contributed by atoms with van der Waals surface area (Å²) in [7, 11) is 0. The molecule has 1 atom stereocenters. The van der Waals surface area contributed by atoms with Crippen molar-refractivity contribution in [2.24, 2.45) is 0 Å². The number of carbonyl (C=O) groups is 2. The number of carbonyl (C=O) groups excluding carboxylic acids is 2. The maximum Gasteiger partial charge on any atom is 0.243 e. The van der Waals surface area contributed by atoms with Crippen molar-refractivity contribution in [3.05, 3.63) is 68.7 Å². The second-order valence-electron chi connectivity index (χ2n) is 8.34. The van der Waals surface area contributed by atoms with E-state index in [1.54, 1.807) is 35.2 Å². The van der Waals surface area contributed by atoms with Crippen LogP contribution in [0.3, 0.4) is 0 Å². The highest BCUT2D eigenvalue weighted by Gasteiger charge is 2.30. The Morgan fingerprint density at radius 3 is 2.25 bits per heavy atom. The molecule has 0 heterocycles. The van der Waals surface area contributed by atoms with Crippen molar-refractivity contribution in [2.75, 3.05) is 0 Å². The van der Waals surface area contributed by atoms with E-state index in [0.29, 0.717) is 28.0 Å². The smallest absolute Gasteiger partial charge is 0.243 e. The maximum atomic E-state index is 13.4. The number of nitrogens with one attached hydrogen (secondary N) is 1. The Morgan fingerprint density at radius 2 is 1.62 bits per heavy atom. The Bertz CT molecular complexity index is 927. The van der Waals surface area contributed by atoms with Crippen molar-refractivity contribution in [1.82, 2.24) is 10.2 Å². The van der Waals surface area contributed by atoms with Gasteiger partial charge in [0.1, 0.15) is 6.04 Å². The highest BCUT2D eigenvalue weighted by atomic mass is 35.5. The van der Waals surface area contributed by atoms with Gasteiger partial charge >= 0.3 is 0 Å². The molecule has 1 saturated carbocycles. The number of halogens is 3. The van der Waals surface area contributed by atoms with Crippen molar-refractivity contribution >= 4 is 46.6 Å². The summed E-state index contributed by atoms with van der Waals surface area (Å²) in [4.78, 5) is 28.3. The van der Waals surface area contributed by atoms with E-state index in [0.717, 1.165) is 36.8 Å². The fourth-order valence-electron chi connectivity index (χ4n) is 4.18. The number of amides is 2. The minimum absolute atomic E-state index is 0.0872. The average Bonchev–Trinajstić information content (AvgIpc) is 2.78. The van der Waals surface area contributed by atoms with E-state index in [4.69, 9.17) is 34.8 Å². The summed E-state index contributed by atoms with van der Waals surface area (Å²) in [5.41, 5.74) is 1.67. The lowest BCUT2D eigenvalue weighted by atomic mass is 9.95. The van der Waals surface area contributed by atoms with E-state index in [-0.39, 0.29) is 24.3 Å². The second-order valence-corrected chi connectivity index (χ2v) is 9.59. The number of rotatable bonds is 8. The highest BCUT2D eigenvalue weighted by molar-refractivity contribution is 6.42. The molecule has 0 aromatic heterocycles. The molecule has 3 rings (SSSR count). The summed E-state index contributed by atoms with van der Waals surface area (Å²) < 4.78 is 0. The van der Waals surface area contributed by atoms with Crippen LogP contribution in [0.1, 0.15) is 56.6 Å². The molecule has 0 aliphatic heterocycles. The van der Waals surface area contributed by atoms with Gasteiger partial charge in [0.2, 0.25) is 11.8 Å². The molecule has 1 aliphatic carbocycles. The van der Waals surface area contributed by atoms with E-state index >= 15 is 0 Å². The topological polar surface area (TPSA) is 49.4 Å². The van der Waals surface area contributed by atoms with E-state index in [2.05, 4.69) is 5.32 Å². The van der Waals surface area contributed by atoms with Crippen LogP contribution in [0.5, 0.6) is 0 Å². The van der Waals surface area contributed by atoms with E-state index < -0.39 is 6.04 Å². The first-order chi connectivity index (χ1) is 15.4. The first-order valence-corrected chi connectivity index (χ1v) is 12.3. The first-order valence-electron chi connectivity index (χ1n) is 11.2. The molecule has 4 nitrogen and oxygen atoms in total. The minimum Gasteiger partial charge on any atom is -0.352 e. The third-order valence-electron chi connectivity index (χ3n) is 5.94. The molecular weight excluding hydrogens is 467 g/mol. The molecule has 1 aliphatic rings. The van der Waals surface area contributed by atoms with Crippen molar-refractivity contribution in [2.45, 2.75) is 70.5 Å². The zero-order chi connectivity index (χ0) is 23.1. The number of hydrogen-bond donors (Lipinski definition) is 1. The predicted octanol–water partition coefficient (Wildman–Crippen LogP) is 6.45. The Balaban J connectivity index is 1.81. The first kappa shape index (κ1) is 24.9. The number of nitrogens with zero attached hydrogens (tertiary/aromatic N) is 1. The molecule has 1 N–H and O–H groups in total. The zero-order valence-electron chi connectivity index (χ0n) is 18.3. The molecular formula is C25H29Cl3N2O2. The lowest BCUT2D eigenvalue weighted by molar-refractivity contribution is -0.141. The molecule has 172 valence electrons. The molecule has 0 unspecified atom stereocenters. The molecule has 2 amide bonds. The van der Waals surface area contributed by atoms with Crippen molar-refractivity contribution in [3.63, 3.8) is 0 Å². The largest absolute Gasteiger partial charge is 0.352 e. The second kappa shape index (κ2) is 11.9. The van der Waals surface area contributed by atoms with Crippen LogP contribution in [0.25, 0.3) is 0 Å². The molecule has 1 fully saturated rings. The Kier molecular flexibility index (Phi) is 9.27. The van der Waals surface area contributed by atoms with Crippen LogP contribution in [-0.2, 0) is 22.6 Å². The number of hydrogen-bond acceptors (Lipinski definition) is 2. The molecule has 0 radical (unpaired) electrons. The van der Waals surface area contributed by atoms with Crippen LogP contribution in [0.2, 0.25) is 15.1 Å². The van der Waals surface area contributed by atoms with Gasteiger partial charge < -0.3 is 10.2 Å². The van der Waals surface area contributed by atoms with Crippen LogP contribution in [0.15, 0.2) is 42.5 Å². The third-order valence-corrected chi connectivity index (χ3v) is 6.93. The molecule has 0 spiro atoms. The summed E-state index contributed by atoms with van der Waals surface area (Å²) in [6.45, 7) is 2.26. The summed E-state index contributed by atoms with van der Waals surface area (Å²) >= 11 is 18.2. The van der Waals surface area contributed by atoms with E-state index in [1.807, 2.05) is 19.1 Å². The lowest BCUT2D eigenvalue weighted by Gasteiger charge is -2.33. The van der Waals surface area contributed by atoms with Crippen LogP contribution in [0.4, 0.5) is 0 Å². The lowest BCUT2D eigenvalue weighted by Crippen LogP contribution is -2.51. The molecule has 7 heteroatoms. The van der Waals surface area contributed by atoms with Gasteiger partial charge in [-0.05, 0) is 54.7 Å². The Morgan fingerprint density at radius 1 is 0.969 bits per heavy atom. The standard InChI is InChI=1S/C25H29Cl3N2O2/c1-2-23(25(32)29-20-6-4-3-5-7-20)30(16-17-8-11-19(26)12-9-17)24(31)15-18-10-13-21(27)22(28)14-18/h8-14,20,23H,2-7,15-16H2,1H3,(H,29,32)/t23-/m1/s1. The van der Waals surface area contributed by atoms with Gasteiger partial charge in [0, 0.05) is 17.6 Å². The van der Waals surface area contributed by atoms with Crippen LogP contribution in [0, 0.1) is 0 Å². The Labute approximate surface area is 205 Å². The van der Waals surface area contributed by atoms with Gasteiger partial charge in [-0.15, -0.1) is 0 Å². The van der Waals surface area contributed by atoms with Crippen molar-refractivity contribution < 1.29 is 9.59 Å². The normalized spacial score (nSPS) is 15.2. The zero-order valence-corrected chi connectivity index (χ0v) is 20.5. The van der Waals surface area contributed by atoms with Gasteiger partial charge in [-0.25, -0.2) is 0 Å². The number of benzene rings is 2. The molecule has 2 aromatic carbocycles. The van der Waals surface area contributed by atoms with Crippen molar-refractivity contribution in [1.29, 1.82) is 0 Å². The summed E-state index contributed by atoms with van der Waals surface area (Å²) in [6, 6.07) is 12.2. The highest BCUT2D eigenvalue weighted by Crippen LogP contribution is 2.24. The SMILES string of the molecule is CC[C@H](C(=O)NC1CCCCC1)N(Cc1ccc(Cl)cc1)C(=O)Cc1ccc(Cl)c(Cl)c1. The van der Waals surface area contributed by atoms with Crippen molar-refractivity contribution in [3.8, 4) is 0 Å². The fraction of sp³-hybridized carbons (Fsp3) is 0.440. The molecule has 32 heavy (non-hydrogen) atoms. The monoisotopic (exact) mass is 494 g/mol. The average molecular weight is 496 g/mol. The summed E-state index contributed by atoms with van der Waals surface area (Å²) in [6.07, 6.45) is 6.14. The van der Waals surface area contributed by atoms with E-state index in [1.165, 1.54) is 6.42 Å². The van der Waals surface area contributed by atoms with Crippen LogP contribution in [-0.4, -0.2) is 28.8 Å². The molecule has 2 aromatic rings. The third kappa shape index (κ3) is 6.87. The van der Waals surface area contributed by atoms with Gasteiger partial charge in [-0.3, -0.25) is 9.59 Å². The van der Waals surface area contributed by atoms with Gasteiger partial charge in [-0.2, -0.15) is 0 Å². The van der Waals surface area contributed by atoms with Crippen LogP contribution < -0.4 is 5.32 Å². The quantitative estimate of drug-likeness (QED) is 0.458. The Hall–Kier alpha value is -1.75. The fourth-order valence-corrected chi connectivity index (χ4v) is 4.62. The predicted molar refractivity (Wildman–Crippen MR) is 131 cm³/mol. The van der Waals surface area contributed by atoms with E-state index in [9.17, 15) is 9.59 Å². The maximum absolute atomic E-state index is 13.4. The van der Waals surface area contributed by atoms with Gasteiger partial charge in [0.15, 0.2) is 0 Å². The summed E-state index contributed by atoms with van der Waals surface area (Å²) in [5, 5.41) is 4.67. The van der Waals surface area contributed by atoms with Gasteiger partial charge in [0.05, 0.1) is 16.5 Å². The molecule has 0 saturated heterocycles. The summed E-state index contributed by atoms with van der Waals surface area (Å²) in [5.74, 6) is -0.222. The minimum atomic E-state index is -0.553. The molecule has 0 bridgehead atoms. The van der Waals surface area contributed by atoms with Crippen LogP contribution >= 0.6 is 34.8 Å².